The third-order valence-corrected chi connectivity index (χ3v) is 6.48. The fraction of sp³-hybridized carbons (Fsp3) is 0.400. The van der Waals surface area contributed by atoms with Crippen LogP contribution >= 0.6 is 15.9 Å². The van der Waals surface area contributed by atoms with Gasteiger partial charge < -0.3 is 5.73 Å². The average molecular weight is 290 g/mol. The normalized spacial score (nSPS) is 18.8. The maximum atomic E-state index is 12.3. The van der Waals surface area contributed by atoms with E-state index in [-0.39, 0.29) is 6.54 Å². The zero-order valence-electron chi connectivity index (χ0n) is 8.11. The maximum absolute atomic E-state index is 12.3. The highest BCUT2D eigenvalue weighted by Gasteiger charge is 2.54. The molecule has 0 aromatic heterocycles. The second kappa shape index (κ2) is 3.57. The summed E-state index contributed by atoms with van der Waals surface area (Å²) in [4.78, 5) is 0.355. The molecular formula is C10H12BrNO2S. The number of hydrogen-bond donors (Lipinski definition) is 1. The zero-order valence-corrected chi connectivity index (χ0v) is 10.5. The van der Waals surface area contributed by atoms with E-state index < -0.39 is 14.6 Å². The molecule has 0 unspecified atom stereocenters. The Morgan fingerprint density at radius 1 is 1.33 bits per heavy atom. The smallest absolute Gasteiger partial charge is 0.186 e. The van der Waals surface area contributed by atoms with Gasteiger partial charge in [0, 0.05) is 11.0 Å². The summed E-state index contributed by atoms with van der Waals surface area (Å²) in [6, 6.07) is 6.88. The number of nitrogens with two attached hydrogens (primary N) is 1. The monoisotopic (exact) mass is 289 g/mol. The molecule has 15 heavy (non-hydrogen) atoms. The Balaban J connectivity index is 2.52. The molecule has 0 saturated heterocycles. The third-order valence-electron chi connectivity index (χ3n) is 2.88. The Morgan fingerprint density at radius 3 is 2.40 bits per heavy atom. The van der Waals surface area contributed by atoms with Crippen LogP contribution in [-0.4, -0.2) is 19.7 Å². The fourth-order valence-corrected chi connectivity index (χ4v) is 4.45. The van der Waals surface area contributed by atoms with E-state index in [4.69, 9.17) is 5.73 Å². The van der Waals surface area contributed by atoms with Crippen molar-refractivity contribution in [3.8, 4) is 0 Å². The van der Waals surface area contributed by atoms with Crippen LogP contribution in [0.1, 0.15) is 12.8 Å². The van der Waals surface area contributed by atoms with Gasteiger partial charge in [0.05, 0.1) is 9.64 Å². The predicted octanol–water partition coefficient (Wildman–Crippen LogP) is 1.71. The van der Waals surface area contributed by atoms with Crippen molar-refractivity contribution in [2.45, 2.75) is 22.5 Å². The number of rotatable bonds is 3. The first kappa shape index (κ1) is 11.1. The highest BCUT2D eigenvalue weighted by molar-refractivity contribution is 9.10. The second-order valence-corrected chi connectivity index (χ2v) is 6.99. The fourth-order valence-electron chi connectivity index (χ4n) is 1.62. The molecule has 1 aliphatic carbocycles. The van der Waals surface area contributed by atoms with Crippen LogP contribution in [-0.2, 0) is 9.84 Å². The molecule has 0 atom stereocenters. The zero-order chi connectivity index (χ0) is 11.1. The van der Waals surface area contributed by atoms with Gasteiger partial charge in [-0.1, -0.05) is 12.1 Å². The molecule has 0 bridgehead atoms. The summed E-state index contributed by atoms with van der Waals surface area (Å²) < 4.78 is 24.4. The lowest BCUT2D eigenvalue weighted by Gasteiger charge is -2.14. The number of hydrogen-bond acceptors (Lipinski definition) is 3. The average Bonchev–Trinajstić information content (AvgIpc) is 2.98. The third kappa shape index (κ3) is 1.62. The summed E-state index contributed by atoms with van der Waals surface area (Å²) in [6.07, 6.45) is 1.35. The van der Waals surface area contributed by atoms with E-state index in [1.54, 1.807) is 24.3 Å². The molecule has 1 aromatic carbocycles. The number of sulfone groups is 1. The summed E-state index contributed by atoms with van der Waals surface area (Å²) in [5.41, 5.74) is 5.55. The molecule has 1 aliphatic rings. The van der Waals surface area contributed by atoms with Crippen molar-refractivity contribution in [1.29, 1.82) is 0 Å². The minimum absolute atomic E-state index is 0.205. The summed E-state index contributed by atoms with van der Waals surface area (Å²) >= 11 is 3.26. The number of benzene rings is 1. The molecule has 0 amide bonds. The van der Waals surface area contributed by atoms with E-state index in [0.717, 1.165) is 0 Å². The van der Waals surface area contributed by atoms with Gasteiger partial charge in [-0.25, -0.2) is 8.42 Å². The summed E-state index contributed by atoms with van der Waals surface area (Å²) in [6.45, 7) is 0.205. The Hall–Kier alpha value is -0.390. The first-order chi connectivity index (χ1) is 7.03. The minimum Gasteiger partial charge on any atom is -0.329 e. The van der Waals surface area contributed by atoms with Crippen LogP contribution in [0.3, 0.4) is 0 Å². The molecule has 0 spiro atoms. The van der Waals surface area contributed by atoms with Crippen LogP contribution in [0.25, 0.3) is 0 Å². The van der Waals surface area contributed by atoms with E-state index in [0.29, 0.717) is 22.2 Å². The maximum Gasteiger partial charge on any atom is 0.186 e. The van der Waals surface area contributed by atoms with Crippen LogP contribution in [0.2, 0.25) is 0 Å². The van der Waals surface area contributed by atoms with Crippen LogP contribution < -0.4 is 5.73 Å². The van der Waals surface area contributed by atoms with E-state index >= 15 is 0 Å². The highest BCUT2D eigenvalue weighted by Crippen LogP contribution is 2.47. The van der Waals surface area contributed by atoms with Crippen LogP contribution in [0.5, 0.6) is 0 Å². The van der Waals surface area contributed by atoms with Crippen molar-refractivity contribution >= 4 is 25.8 Å². The molecule has 2 rings (SSSR count). The Labute approximate surface area is 97.7 Å². The van der Waals surface area contributed by atoms with Crippen LogP contribution in [0.15, 0.2) is 33.6 Å². The van der Waals surface area contributed by atoms with Gasteiger partial charge in [0.2, 0.25) is 0 Å². The molecular weight excluding hydrogens is 278 g/mol. The quantitative estimate of drug-likeness (QED) is 0.922. The van der Waals surface area contributed by atoms with Crippen molar-refractivity contribution in [2.24, 2.45) is 5.73 Å². The molecule has 1 fully saturated rings. The van der Waals surface area contributed by atoms with Crippen molar-refractivity contribution in [3.63, 3.8) is 0 Å². The van der Waals surface area contributed by atoms with Crippen molar-refractivity contribution in [2.75, 3.05) is 6.54 Å². The van der Waals surface area contributed by atoms with Gasteiger partial charge in [-0.2, -0.15) is 0 Å². The Morgan fingerprint density at radius 2 is 1.93 bits per heavy atom. The van der Waals surface area contributed by atoms with Gasteiger partial charge in [0.25, 0.3) is 0 Å². The van der Waals surface area contributed by atoms with Gasteiger partial charge >= 0.3 is 0 Å². The molecule has 1 saturated carbocycles. The molecule has 82 valence electrons. The summed E-state index contributed by atoms with van der Waals surface area (Å²) in [7, 11) is -3.28. The van der Waals surface area contributed by atoms with E-state index in [1.807, 2.05) is 0 Å². The standard InChI is InChI=1S/C10H12BrNO2S/c11-8-3-1-2-4-9(8)15(13,14)10(7-12)5-6-10/h1-4H,5-7,12H2. The topological polar surface area (TPSA) is 60.2 Å². The molecule has 0 heterocycles. The van der Waals surface area contributed by atoms with E-state index in [9.17, 15) is 8.42 Å². The first-order valence-corrected chi connectivity index (χ1v) is 7.00. The second-order valence-electron chi connectivity index (χ2n) is 3.82. The SMILES string of the molecule is NCC1(S(=O)(=O)c2ccccc2Br)CC1. The number of halogens is 1. The van der Waals surface area contributed by atoms with Gasteiger partial charge in [-0.05, 0) is 40.9 Å². The van der Waals surface area contributed by atoms with E-state index in [2.05, 4.69) is 15.9 Å². The first-order valence-electron chi connectivity index (χ1n) is 4.73. The van der Waals surface area contributed by atoms with Gasteiger partial charge in [-0.15, -0.1) is 0 Å². The Bertz CT molecular complexity index is 480. The molecule has 1 aromatic rings. The minimum atomic E-state index is -3.28. The van der Waals surface area contributed by atoms with E-state index in [1.165, 1.54) is 0 Å². The lowest BCUT2D eigenvalue weighted by Crippen LogP contribution is -2.32. The van der Waals surface area contributed by atoms with Gasteiger partial charge in [0.15, 0.2) is 9.84 Å². The molecule has 5 heteroatoms. The predicted molar refractivity (Wildman–Crippen MR) is 62.3 cm³/mol. The molecule has 3 nitrogen and oxygen atoms in total. The van der Waals surface area contributed by atoms with Crippen LogP contribution in [0, 0.1) is 0 Å². The van der Waals surface area contributed by atoms with Gasteiger partial charge in [0.1, 0.15) is 0 Å². The van der Waals surface area contributed by atoms with Crippen molar-refractivity contribution in [1.82, 2.24) is 0 Å². The molecule has 2 N–H and O–H groups in total. The highest BCUT2D eigenvalue weighted by atomic mass is 79.9. The largest absolute Gasteiger partial charge is 0.329 e. The van der Waals surface area contributed by atoms with Crippen LogP contribution in [0.4, 0.5) is 0 Å². The lowest BCUT2D eigenvalue weighted by molar-refractivity contribution is 0.576. The van der Waals surface area contributed by atoms with Gasteiger partial charge in [-0.3, -0.25) is 0 Å². The van der Waals surface area contributed by atoms with Crippen molar-refractivity contribution < 1.29 is 8.42 Å². The van der Waals surface area contributed by atoms with Crippen molar-refractivity contribution in [3.05, 3.63) is 28.7 Å². The molecule has 0 radical (unpaired) electrons. The summed E-state index contributed by atoms with van der Waals surface area (Å²) in [5.74, 6) is 0. The summed E-state index contributed by atoms with van der Waals surface area (Å²) in [5, 5.41) is 0. The Kier molecular flexibility index (Phi) is 2.65. The lowest BCUT2D eigenvalue weighted by atomic mass is 10.4. The molecule has 0 aliphatic heterocycles.